The summed E-state index contributed by atoms with van der Waals surface area (Å²) in [6, 6.07) is 26.3. The minimum atomic E-state index is -3.59. The van der Waals surface area contributed by atoms with Crippen molar-refractivity contribution in [1.82, 2.24) is 9.21 Å². The monoisotopic (exact) mass is 437 g/mol. The molecule has 0 unspecified atom stereocenters. The first-order chi connectivity index (χ1) is 14.8. The summed E-state index contributed by atoms with van der Waals surface area (Å²) in [5.41, 5.74) is 3.08. The quantitative estimate of drug-likeness (QED) is 0.539. The van der Waals surface area contributed by atoms with Gasteiger partial charge in [0.2, 0.25) is 0 Å². The fourth-order valence-electron chi connectivity index (χ4n) is 3.18. The largest absolute Gasteiger partial charge is 0.330 e. The normalized spacial score (nSPS) is 11.4. The molecule has 162 valence electrons. The van der Waals surface area contributed by atoms with Crippen molar-refractivity contribution in [3.05, 3.63) is 102 Å². The van der Waals surface area contributed by atoms with Crippen LogP contribution in [0.2, 0.25) is 0 Å². The minimum absolute atomic E-state index is 0.114. The fourth-order valence-corrected chi connectivity index (χ4v) is 4.06. The van der Waals surface area contributed by atoms with Crippen LogP contribution in [0.5, 0.6) is 0 Å². The molecule has 0 saturated carbocycles. The van der Waals surface area contributed by atoms with Crippen LogP contribution in [0.1, 0.15) is 21.5 Å². The zero-order valence-corrected chi connectivity index (χ0v) is 18.8. The fraction of sp³-hybridized carbons (Fsp3) is 0.208. The van der Waals surface area contributed by atoms with Gasteiger partial charge in [0.05, 0.1) is 5.69 Å². The molecule has 7 heteroatoms. The number of amides is 1. The van der Waals surface area contributed by atoms with Gasteiger partial charge in [-0.05, 0) is 35.4 Å². The van der Waals surface area contributed by atoms with Crippen LogP contribution >= 0.6 is 0 Å². The highest BCUT2D eigenvalue weighted by Gasteiger charge is 2.22. The van der Waals surface area contributed by atoms with Crippen molar-refractivity contribution in [2.45, 2.75) is 13.1 Å². The van der Waals surface area contributed by atoms with Crippen molar-refractivity contribution in [2.24, 2.45) is 0 Å². The number of benzene rings is 3. The third-order valence-electron chi connectivity index (χ3n) is 5.01. The molecule has 6 nitrogen and oxygen atoms in total. The predicted molar refractivity (Wildman–Crippen MR) is 124 cm³/mol. The van der Waals surface area contributed by atoms with Crippen LogP contribution < -0.4 is 4.31 Å². The summed E-state index contributed by atoms with van der Waals surface area (Å²) < 4.78 is 27.0. The summed E-state index contributed by atoms with van der Waals surface area (Å²) in [4.78, 5) is 15.1. The average molecular weight is 438 g/mol. The van der Waals surface area contributed by atoms with E-state index in [1.54, 1.807) is 29.2 Å². The molecule has 3 aromatic carbocycles. The van der Waals surface area contributed by atoms with Gasteiger partial charge >= 0.3 is 10.2 Å². The molecule has 3 aromatic rings. The molecule has 0 atom stereocenters. The topological polar surface area (TPSA) is 60.9 Å². The number of hydrogen-bond donors (Lipinski definition) is 0. The maximum Gasteiger partial charge on any atom is 0.303 e. The van der Waals surface area contributed by atoms with Gasteiger partial charge in [-0.15, -0.1) is 0 Å². The van der Waals surface area contributed by atoms with Crippen LogP contribution in [0.4, 0.5) is 5.69 Å². The highest BCUT2D eigenvalue weighted by Crippen LogP contribution is 2.20. The molecule has 1 amide bonds. The molecule has 0 bridgehead atoms. The van der Waals surface area contributed by atoms with E-state index in [0.717, 1.165) is 15.4 Å². The number of hydrogen-bond acceptors (Lipinski definition) is 3. The van der Waals surface area contributed by atoms with Gasteiger partial charge in [0.15, 0.2) is 0 Å². The Bertz CT molecular complexity index is 1060. The van der Waals surface area contributed by atoms with Crippen LogP contribution in [-0.2, 0) is 23.3 Å². The number of carbonyl (C=O) groups is 1. The number of nitrogens with zero attached hydrogens (tertiary/aromatic N) is 3. The molecular formula is C24H27N3O3S. The van der Waals surface area contributed by atoms with Crippen molar-refractivity contribution in [3.8, 4) is 0 Å². The summed E-state index contributed by atoms with van der Waals surface area (Å²) in [5, 5.41) is 0. The van der Waals surface area contributed by atoms with E-state index in [9.17, 15) is 13.2 Å². The highest BCUT2D eigenvalue weighted by atomic mass is 32.2. The van der Waals surface area contributed by atoms with Gasteiger partial charge in [0, 0.05) is 39.8 Å². The van der Waals surface area contributed by atoms with Crippen molar-refractivity contribution in [2.75, 3.05) is 25.4 Å². The average Bonchev–Trinajstić information content (AvgIpc) is 2.79. The van der Waals surface area contributed by atoms with E-state index in [2.05, 4.69) is 0 Å². The molecular weight excluding hydrogens is 410 g/mol. The Morgan fingerprint density at radius 3 is 1.58 bits per heavy atom. The molecule has 0 spiro atoms. The maximum atomic E-state index is 13.3. The molecule has 0 heterocycles. The Kier molecular flexibility index (Phi) is 7.09. The standard InChI is InChI=1S/C24H27N3O3S/c1-25(2)31(29,30)26(3)23-16-14-22(15-17-23)24(28)27(18-20-10-6-4-7-11-20)19-21-12-8-5-9-13-21/h4-17H,18-19H2,1-3H3. The van der Waals surface area contributed by atoms with E-state index in [4.69, 9.17) is 0 Å². The minimum Gasteiger partial charge on any atom is -0.330 e. The predicted octanol–water partition coefficient (Wildman–Crippen LogP) is 3.77. The zero-order valence-electron chi connectivity index (χ0n) is 18.0. The van der Waals surface area contributed by atoms with Crippen LogP contribution in [0.3, 0.4) is 0 Å². The maximum absolute atomic E-state index is 13.3. The zero-order chi connectivity index (χ0) is 22.4. The van der Waals surface area contributed by atoms with Crippen molar-refractivity contribution >= 4 is 21.8 Å². The van der Waals surface area contributed by atoms with Gasteiger partial charge in [-0.2, -0.15) is 12.7 Å². The van der Waals surface area contributed by atoms with Gasteiger partial charge < -0.3 is 4.90 Å². The van der Waals surface area contributed by atoms with Crippen LogP contribution in [0.15, 0.2) is 84.9 Å². The number of carbonyl (C=O) groups excluding carboxylic acids is 1. The van der Waals surface area contributed by atoms with Crippen molar-refractivity contribution in [1.29, 1.82) is 0 Å². The van der Waals surface area contributed by atoms with E-state index in [-0.39, 0.29) is 5.91 Å². The van der Waals surface area contributed by atoms with E-state index >= 15 is 0 Å². The summed E-state index contributed by atoms with van der Waals surface area (Å²) in [6.07, 6.45) is 0. The second-order valence-corrected chi connectivity index (χ2v) is 9.61. The van der Waals surface area contributed by atoms with E-state index in [0.29, 0.717) is 24.3 Å². The Balaban J connectivity index is 1.85. The van der Waals surface area contributed by atoms with Crippen LogP contribution in [0, 0.1) is 0 Å². The Morgan fingerprint density at radius 1 is 0.710 bits per heavy atom. The summed E-state index contributed by atoms with van der Waals surface area (Å²) in [6.45, 7) is 0.955. The van der Waals surface area contributed by atoms with Crippen LogP contribution in [0.25, 0.3) is 0 Å². The molecule has 0 aliphatic heterocycles. The number of anilines is 1. The van der Waals surface area contributed by atoms with E-state index in [1.807, 2.05) is 60.7 Å². The van der Waals surface area contributed by atoms with Gasteiger partial charge in [-0.1, -0.05) is 60.7 Å². The first-order valence-corrected chi connectivity index (χ1v) is 11.3. The Labute approximate surface area is 184 Å². The van der Waals surface area contributed by atoms with Gasteiger partial charge in [0.25, 0.3) is 5.91 Å². The summed E-state index contributed by atoms with van der Waals surface area (Å²) in [7, 11) is 0.862. The lowest BCUT2D eigenvalue weighted by molar-refractivity contribution is 0.0730. The summed E-state index contributed by atoms with van der Waals surface area (Å²) >= 11 is 0. The van der Waals surface area contributed by atoms with Crippen LogP contribution in [-0.4, -0.2) is 44.7 Å². The van der Waals surface area contributed by atoms with Crippen molar-refractivity contribution < 1.29 is 13.2 Å². The van der Waals surface area contributed by atoms with Gasteiger partial charge in [-0.25, -0.2) is 0 Å². The SMILES string of the molecule is CN(C)S(=O)(=O)N(C)c1ccc(C(=O)N(Cc2ccccc2)Cc2ccccc2)cc1. The Morgan fingerprint density at radius 2 is 1.16 bits per heavy atom. The third-order valence-corrected chi connectivity index (χ3v) is 6.83. The van der Waals surface area contributed by atoms with E-state index < -0.39 is 10.2 Å². The van der Waals surface area contributed by atoms with Crippen molar-refractivity contribution in [3.63, 3.8) is 0 Å². The number of rotatable bonds is 8. The lowest BCUT2D eigenvalue weighted by Gasteiger charge is -2.25. The smallest absolute Gasteiger partial charge is 0.303 e. The molecule has 0 aromatic heterocycles. The molecule has 0 fully saturated rings. The van der Waals surface area contributed by atoms with Gasteiger partial charge in [-0.3, -0.25) is 9.10 Å². The molecule has 0 aliphatic carbocycles. The molecule has 0 radical (unpaired) electrons. The van der Waals surface area contributed by atoms with Gasteiger partial charge in [0.1, 0.15) is 0 Å². The second-order valence-electron chi connectivity index (χ2n) is 7.44. The summed E-state index contributed by atoms with van der Waals surface area (Å²) in [5.74, 6) is -0.114. The lowest BCUT2D eigenvalue weighted by Crippen LogP contribution is -2.37. The Hall–Kier alpha value is -3.16. The first kappa shape index (κ1) is 22.5. The molecule has 0 N–H and O–H groups in total. The lowest BCUT2D eigenvalue weighted by atomic mass is 10.1. The molecule has 0 saturated heterocycles. The second kappa shape index (κ2) is 9.76. The molecule has 0 aliphatic rings. The third kappa shape index (κ3) is 5.51. The first-order valence-electron chi connectivity index (χ1n) is 9.92. The highest BCUT2D eigenvalue weighted by molar-refractivity contribution is 7.90. The molecule has 3 rings (SSSR count). The molecule has 31 heavy (non-hydrogen) atoms. The van der Waals surface area contributed by atoms with E-state index in [1.165, 1.54) is 25.4 Å².